The van der Waals surface area contributed by atoms with Crippen LogP contribution in [0.5, 0.6) is 0 Å². The molecule has 2 aromatic rings. The van der Waals surface area contributed by atoms with E-state index in [9.17, 15) is 4.79 Å². The van der Waals surface area contributed by atoms with Crippen LogP contribution < -0.4 is 0 Å². The van der Waals surface area contributed by atoms with Crippen LogP contribution in [-0.4, -0.2) is 76.4 Å². The summed E-state index contributed by atoms with van der Waals surface area (Å²) in [5, 5.41) is 0.843. The number of nitrogens with zero attached hydrogens (tertiary/aromatic N) is 4. The predicted octanol–water partition coefficient (Wildman–Crippen LogP) is 3.56. The van der Waals surface area contributed by atoms with Gasteiger partial charge in [-0.05, 0) is 51.0 Å². The molecule has 0 N–H and O–H groups in total. The molecule has 0 radical (unpaired) electrons. The minimum Gasteiger partial charge on any atom is -0.373 e. The quantitative estimate of drug-likeness (QED) is 0.682. The molecule has 2 atom stereocenters. The molecular weight excluding hydrogens is 396 g/mol. The number of hydrogen-bond donors (Lipinski definition) is 0. The monoisotopic (exact) mass is 428 g/mol. The predicted molar refractivity (Wildman–Crippen MR) is 120 cm³/mol. The maximum atomic E-state index is 13.3. The van der Waals surface area contributed by atoms with E-state index in [0.29, 0.717) is 23.8 Å². The molecule has 2 unspecified atom stereocenters. The van der Waals surface area contributed by atoms with Gasteiger partial charge in [0.15, 0.2) is 5.16 Å². The van der Waals surface area contributed by atoms with E-state index in [0.717, 1.165) is 56.4 Å². The molecule has 0 saturated carbocycles. The van der Waals surface area contributed by atoms with Gasteiger partial charge in [0.1, 0.15) is 5.69 Å². The summed E-state index contributed by atoms with van der Waals surface area (Å²) in [5.41, 5.74) is 1.63. The summed E-state index contributed by atoms with van der Waals surface area (Å²) in [6.07, 6.45) is 6.44. The Kier molecular flexibility index (Phi) is 6.80. The fourth-order valence-electron chi connectivity index (χ4n) is 4.74. The van der Waals surface area contributed by atoms with Gasteiger partial charge in [0, 0.05) is 38.4 Å². The van der Waals surface area contributed by atoms with Crippen molar-refractivity contribution in [1.29, 1.82) is 0 Å². The largest absolute Gasteiger partial charge is 0.373 e. The van der Waals surface area contributed by atoms with Crippen LogP contribution in [0.4, 0.5) is 0 Å². The number of carbonyl (C=O) groups is 1. The zero-order valence-corrected chi connectivity index (χ0v) is 19.0. The van der Waals surface area contributed by atoms with Crippen LogP contribution in [0, 0.1) is 5.92 Å². The fourth-order valence-corrected chi connectivity index (χ4v) is 5.28. The standard InChI is InChI=1S/C23H32N4O2S/c1-17-14-25(15-18(2)29-17)16-19-9-11-26(12-10-19)22(28)21-13-24-23(30-3)27(21)20-7-5-4-6-8-20/h4-8,13,17-19H,9-12,14-16H2,1-3H3. The van der Waals surface area contributed by atoms with E-state index in [1.165, 1.54) is 0 Å². The lowest BCUT2D eigenvalue weighted by Gasteiger charge is -2.39. The van der Waals surface area contributed by atoms with Crippen LogP contribution in [-0.2, 0) is 4.74 Å². The lowest BCUT2D eigenvalue weighted by Crippen LogP contribution is -2.48. The summed E-state index contributed by atoms with van der Waals surface area (Å²) < 4.78 is 7.84. The Bertz CT molecular complexity index is 838. The molecule has 2 aliphatic heterocycles. The Labute approximate surface area is 183 Å². The summed E-state index contributed by atoms with van der Waals surface area (Å²) in [6.45, 7) is 9.07. The number of ether oxygens (including phenoxy) is 1. The minimum absolute atomic E-state index is 0.0821. The Hall–Kier alpha value is -1.83. The second-order valence-electron chi connectivity index (χ2n) is 8.51. The maximum Gasteiger partial charge on any atom is 0.272 e. The molecule has 1 aromatic carbocycles. The first-order chi connectivity index (χ1) is 14.5. The zero-order valence-electron chi connectivity index (χ0n) is 18.2. The average Bonchev–Trinajstić information content (AvgIpc) is 3.18. The summed E-state index contributed by atoms with van der Waals surface area (Å²) in [6, 6.07) is 10.0. The molecule has 3 heterocycles. The number of rotatable bonds is 5. The van der Waals surface area contributed by atoms with E-state index >= 15 is 0 Å². The van der Waals surface area contributed by atoms with Crippen LogP contribution in [0.25, 0.3) is 5.69 Å². The number of para-hydroxylation sites is 1. The van der Waals surface area contributed by atoms with Gasteiger partial charge in [0.25, 0.3) is 5.91 Å². The number of hydrogen-bond acceptors (Lipinski definition) is 5. The SMILES string of the molecule is CSc1ncc(C(=O)N2CCC(CN3CC(C)OC(C)C3)CC2)n1-c1ccccc1. The van der Waals surface area contributed by atoms with E-state index < -0.39 is 0 Å². The fraction of sp³-hybridized carbons (Fsp3) is 0.565. The summed E-state index contributed by atoms with van der Waals surface area (Å²) >= 11 is 1.56. The lowest BCUT2D eigenvalue weighted by atomic mass is 9.95. The lowest BCUT2D eigenvalue weighted by molar-refractivity contribution is -0.0728. The Morgan fingerprint density at radius 3 is 2.43 bits per heavy atom. The molecule has 6 nitrogen and oxygen atoms in total. The van der Waals surface area contributed by atoms with Gasteiger partial charge >= 0.3 is 0 Å². The summed E-state index contributed by atoms with van der Waals surface area (Å²) in [7, 11) is 0. The molecule has 30 heavy (non-hydrogen) atoms. The molecule has 2 aliphatic rings. The van der Waals surface area contributed by atoms with E-state index in [1.807, 2.05) is 46.1 Å². The number of thioether (sulfide) groups is 1. The van der Waals surface area contributed by atoms with Gasteiger partial charge in [-0.2, -0.15) is 0 Å². The van der Waals surface area contributed by atoms with Gasteiger partial charge in [-0.15, -0.1) is 0 Å². The Morgan fingerprint density at radius 1 is 1.13 bits per heavy atom. The topological polar surface area (TPSA) is 50.6 Å². The van der Waals surface area contributed by atoms with Gasteiger partial charge < -0.3 is 9.64 Å². The molecule has 0 aliphatic carbocycles. The maximum absolute atomic E-state index is 13.3. The summed E-state index contributed by atoms with van der Waals surface area (Å²) in [5.74, 6) is 0.728. The highest BCUT2D eigenvalue weighted by Gasteiger charge is 2.30. The van der Waals surface area contributed by atoms with Crippen molar-refractivity contribution in [1.82, 2.24) is 19.4 Å². The van der Waals surface area contributed by atoms with Crippen molar-refractivity contribution in [3.05, 3.63) is 42.2 Å². The smallest absolute Gasteiger partial charge is 0.272 e. The summed E-state index contributed by atoms with van der Waals surface area (Å²) in [4.78, 5) is 22.4. The van der Waals surface area contributed by atoms with Crippen molar-refractivity contribution < 1.29 is 9.53 Å². The van der Waals surface area contributed by atoms with Gasteiger partial charge in [0.2, 0.25) is 0 Å². The molecular formula is C23H32N4O2S. The van der Waals surface area contributed by atoms with E-state index in [2.05, 4.69) is 23.7 Å². The van der Waals surface area contributed by atoms with Gasteiger partial charge in [0.05, 0.1) is 18.4 Å². The highest BCUT2D eigenvalue weighted by Crippen LogP contribution is 2.25. The van der Waals surface area contributed by atoms with Crippen LogP contribution in [0.3, 0.4) is 0 Å². The Balaban J connectivity index is 1.40. The number of morpholine rings is 1. The number of piperidine rings is 1. The van der Waals surface area contributed by atoms with Crippen molar-refractivity contribution >= 4 is 17.7 Å². The number of imidazole rings is 1. The number of amides is 1. The van der Waals surface area contributed by atoms with Crippen LogP contribution in [0.15, 0.2) is 41.7 Å². The van der Waals surface area contributed by atoms with E-state index in [-0.39, 0.29) is 5.91 Å². The molecule has 1 aromatic heterocycles. The molecule has 0 bridgehead atoms. The first kappa shape index (κ1) is 21.4. The van der Waals surface area contributed by atoms with Gasteiger partial charge in [-0.1, -0.05) is 30.0 Å². The average molecular weight is 429 g/mol. The highest BCUT2D eigenvalue weighted by atomic mass is 32.2. The van der Waals surface area contributed by atoms with Crippen LogP contribution in [0.1, 0.15) is 37.2 Å². The van der Waals surface area contributed by atoms with Crippen molar-refractivity contribution in [3.8, 4) is 5.69 Å². The molecule has 7 heteroatoms. The van der Waals surface area contributed by atoms with Crippen molar-refractivity contribution in [3.63, 3.8) is 0 Å². The number of aromatic nitrogens is 2. The third-order valence-corrected chi connectivity index (χ3v) is 6.71. The van der Waals surface area contributed by atoms with E-state index in [1.54, 1.807) is 18.0 Å². The Morgan fingerprint density at radius 2 is 1.80 bits per heavy atom. The second-order valence-corrected chi connectivity index (χ2v) is 9.29. The van der Waals surface area contributed by atoms with Gasteiger partial charge in [-0.25, -0.2) is 4.98 Å². The van der Waals surface area contributed by atoms with Crippen molar-refractivity contribution in [2.45, 2.75) is 44.1 Å². The van der Waals surface area contributed by atoms with Crippen LogP contribution in [0.2, 0.25) is 0 Å². The van der Waals surface area contributed by atoms with E-state index in [4.69, 9.17) is 4.74 Å². The molecule has 2 fully saturated rings. The van der Waals surface area contributed by atoms with Gasteiger partial charge in [-0.3, -0.25) is 14.3 Å². The minimum atomic E-state index is 0.0821. The first-order valence-electron chi connectivity index (χ1n) is 10.9. The van der Waals surface area contributed by atoms with Crippen molar-refractivity contribution in [2.75, 3.05) is 39.0 Å². The number of benzene rings is 1. The molecule has 1 amide bonds. The number of likely N-dealkylation sites (tertiary alicyclic amines) is 1. The molecule has 162 valence electrons. The number of carbonyl (C=O) groups excluding carboxylic acids is 1. The highest BCUT2D eigenvalue weighted by molar-refractivity contribution is 7.98. The molecule has 0 spiro atoms. The normalized spacial score (nSPS) is 23.6. The first-order valence-corrected chi connectivity index (χ1v) is 12.1. The van der Waals surface area contributed by atoms with Crippen LogP contribution >= 0.6 is 11.8 Å². The zero-order chi connectivity index (χ0) is 21.1. The van der Waals surface area contributed by atoms with Crippen molar-refractivity contribution in [2.24, 2.45) is 5.92 Å². The second kappa shape index (κ2) is 9.54. The molecule has 2 saturated heterocycles. The third-order valence-electron chi connectivity index (χ3n) is 6.06. The third kappa shape index (κ3) is 4.74. The molecule has 4 rings (SSSR count).